The van der Waals surface area contributed by atoms with Crippen molar-refractivity contribution in [2.45, 2.75) is 111 Å². The number of hydrogen-bond acceptors (Lipinski definition) is 5. The number of methoxy groups -OCH3 is 1. The molecule has 5 nitrogen and oxygen atoms in total. The van der Waals surface area contributed by atoms with E-state index < -0.39 is 17.0 Å². The van der Waals surface area contributed by atoms with Gasteiger partial charge in [0.25, 0.3) is 0 Å². The molecule has 0 aromatic heterocycles. The summed E-state index contributed by atoms with van der Waals surface area (Å²) in [7, 11) is 1.88. The topological polar surface area (TPSA) is 61.8 Å². The van der Waals surface area contributed by atoms with Gasteiger partial charge in [-0.05, 0) is 102 Å². The summed E-state index contributed by atoms with van der Waals surface area (Å²) in [4.78, 5) is 25.5. The van der Waals surface area contributed by atoms with Gasteiger partial charge in [-0.15, -0.1) is 0 Å². The van der Waals surface area contributed by atoms with Gasteiger partial charge in [0.05, 0.1) is 11.0 Å². The van der Waals surface area contributed by atoms with E-state index >= 15 is 0 Å². The Balaban J connectivity index is 1.74. The second-order valence-electron chi connectivity index (χ2n) is 12.6. The average molecular weight is 451 g/mol. The second-order valence-corrected chi connectivity index (χ2v) is 12.6. The van der Waals surface area contributed by atoms with Crippen molar-refractivity contribution in [1.82, 2.24) is 0 Å². The fraction of sp³-hybridized carbons (Fsp3) is 0.926. The molecule has 32 heavy (non-hydrogen) atoms. The van der Waals surface area contributed by atoms with Crippen LogP contribution in [0.5, 0.6) is 0 Å². The zero-order chi connectivity index (χ0) is 23.9. The number of fused-ring (bicyclic) bond motifs is 3. The van der Waals surface area contributed by atoms with Crippen LogP contribution < -0.4 is 0 Å². The van der Waals surface area contributed by atoms with Crippen molar-refractivity contribution in [3.8, 4) is 0 Å². The van der Waals surface area contributed by atoms with Crippen LogP contribution in [0.4, 0.5) is 0 Å². The highest BCUT2D eigenvalue weighted by atomic mass is 16.6. The van der Waals surface area contributed by atoms with E-state index in [1.807, 2.05) is 27.9 Å². The van der Waals surface area contributed by atoms with Crippen molar-refractivity contribution in [3.05, 3.63) is 0 Å². The lowest BCUT2D eigenvalue weighted by Gasteiger charge is -2.62. The molecule has 6 atom stereocenters. The van der Waals surface area contributed by atoms with Crippen molar-refractivity contribution in [3.63, 3.8) is 0 Å². The van der Waals surface area contributed by atoms with Crippen LogP contribution >= 0.6 is 0 Å². The second kappa shape index (κ2) is 8.92. The summed E-state index contributed by atoms with van der Waals surface area (Å²) in [6, 6.07) is 0. The third-order valence-electron chi connectivity index (χ3n) is 9.37. The van der Waals surface area contributed by atoms with E-state index in [1.54, 1.807) is 0 Å². The Labute approximate surface area is 195 Å². The van der Waals surface area contributed by atoms with Crippen LogP contribution in [-0.4, -0.2) is 36.9 Å². The number of rotatable bonds is 5. The van der Waals surface area contributed by atoms with Gasteiger partial charge in [0, 0.05) is 7.11 Å². The maximum Gasteiger partial charge on any atom is 0.344 e. The Bertz CT molecular complexity index is 709. The maximum atomic E-state index is 13.3. The van der Waals surface area contributed by atoms with Crippen molar-refractivity contribution in [1.29, 1.82) is 0 Å². The zero-order valence-corrected chi connectivity index (χ0v) is 21.7. The molecule has 3 aliphatic rings. The van der Waals surface area contributed by atoms with Crippen molar-refractivity contribution < 1.29 is 23.8 Å². The smallest absolute Gasteiger partial charge is 0.344 e. The molecule has 0 N–H and O–H groups in total. The molecular formula is C27H46O5. The molecule has 184 valence electrons. The zero-order valence-electron chi connectivity index (χ0n) is 21.7. The normalized spacial score (nSPS) is 39.7. The van der Waals surface area contributed by atoms with Crippen molar-refractivity contribution >= 4 is 11.9 Å². The Morgan fingerprint density at radius 2 is 1.72 bits per heavy atom. The molecule has 0 amide bonds. The molecule has 3 fully saturated rings. The first kappa shape index (κ1) is 25.5. The first-order chi connectivity index (χ1) is 14.8. The predicted molar refractivity (Wildman–Crippen MR) is 125 cm³/mol. The molecule has 0 saturated heterocycles. The van der Waals surface area contributed by atoms with E-state index in [9.17, 15) is 9.59 Å². The van der Waals surface area contributed by atoms with Crippen molar-refractivity contribution in [2.24, 2.45) is 34.5 Å². The molecule has 0 radical (unpaired) electrons. The van der Waals surface area contributed by atoms with Crippen LogP contribution in [0.25, 0.3) is 0 Å². The highest BCUT2D eigenvalue weighted by molar-refractivity contribution is 5.80. The van der Waals surface area contributed by atoms with Crippen LogP contribution in [0.3, 0.4) is 0 Å². The van der Waals surface area contributed by atoms with Gasteiger partial charge in [-0.25, -0.2) is 4.79 Å². The molecule has 0 aromatic carbocycles. The molecule has 0 heterocycles. The van der Waals surface area contributed by atoms with E-state index in [4.69, 9.17) is 14.2 Å². The summed E-state index contributed by atoms with van der Waals surface area (Å²) in [6.45, 7) is 14.3. The van der Waals surface area contributed by atoms with Gasteiger partial charge in [0.15, 0.2) is 6.61 Å². The standard InChI is InChI=1S/C27H46O5/c1-18(2)27(30-8)15-12-20-19(16-27)10-11-21-25(20,6)13-9-14-26(21,7)23(29)31-17-22(28)32-24(3,4)5/h18-21H,9-17H2,1-8H3. The lowest BCUT2D eigenvalue weighted by atomic mass is 9.43. The Morgan fingerprint density at radius 3 is 2.31 bits per heavy atom. The van der Waals surface area contributed by atoms with Crippen molar-refractivity contribution in [2.75, 3.05) is 13.7 Å². The van der Waals surface area contributed by atoms with Gasteiger partial charge >= 0.3 is 11.9 Å². The number of ether oxygens (including phenoxy) is 3. The number of carbonyl (C=O) groups is 2. The van der Waals surface area contributed by atoms with Gasteiger partial charge in [-0.2, -0.15) is 0 Å². The SMILES string of the molecule is COC1(C(C)C)CCC2C(CCC3C(C)(C(=O)OCC(=O)OC(C)(C)C)CCCC23C)C1. The average Bonchev–Trinajstić information content (AvgIpc) is 2.69. The highest BCUT2D eigenvalue weighted by Crippen LogP contribution is 2.65. The fourth-order valence-corrected chi connectivity index (χ4v) is 7.73. The van der Waals surface area contributed by atoms with Crippen LogP contribution in [0.1, 0.15) is 99.8 Å². The Kier molecular flexibility index (Phi) is 7.12. The molecule has 3 rings (SSSR count). The molecule has 0 aromatic rings. The molecule has 0 bridgehead atoms. The molecule has 5 heteroatoms. The van der Waals surface area contributed by atoms with Gasteiger partial charge in [-0.1, -0.05) is 27.2 Å². The van der Waals surface area contributed by atoms with Crippen LogP contribution in [0, 0.1) is 34.5 Å². The molecule has 0 aliphatic heterocycles. The highest BCUT2D eigenvalue weighted by Gasteiger charge is 2.61. The fourth-order valence-electron chi connectivity index (χ4n) is 7.73. The summed E-state index contributed by atoms with van der Waals surface area (Å²) in [6.07, 6.45) is 8.66. The Morgan fingerprint density at radius 1 is 1.03 bits per heavy atom. The van der Waals surface area contributed by atoms with E-state index in [-0.39, 0.29) is 23.6 Å². The third-order valence-corrected chi connectivity index (χ3v) is 9.37. The summed E-state index contributed by atoms with van der Waals surface area (Å²) in [5.41, 5.74) is -0.982. The first-order valence-corrected chi connectivity index (χ1v) is 12.7. The minimum Gasteiger partial charge on any atom is -0.457 e. The van der Waals surface area contributed by atoms with Crippen LogP contribution in [0.2, 0.25) is 0 Å². The number of carbonyl (C=O) groups excluding carboxylic acids is 2. The minimum absolute atomic E-state index is 0.00528. The lowest BCUT2D eigenvalue weighted by molar-refractivity contribution is -0.191. The largest absolute Gasteiger partial charge is 0.457 e. The molecule has 0 spiro atoms. The van der Waals surface area contributed by atoms with E-state index in [1.165, 1.54) is 12.8 Å². The predicted octanol–water partition coefficient (Wildman–Crippen LogP) is 5.94. The number of hydrogen-bond donors (Lipinski definition) is 0. The van der Waals surface area contributed by atoms with Crippen LogP contribution in [-0.2, 0) is 23.8 Å². The summed E-state index contributed by atoms with van der Waals surface area (Å²) < 4.78 is 17.0. The van der Waals surface area contributed by atoms with Gasteiger partial charge in [-0.3, -0.25) is 4.79 Å². The molecule has 3 saturated carbocycles. The van der Waals surface area contributed by atoms with Gasteiger partial charge < -0.3 is 14.2 Å². The van der Waals surface area contributed by atoms with Gasteiger partial charge in [0.2, 0.25) is 0 Å². The van der Waals surface area contributed by atoms with E-state index in [0.717, 1.165) is 38.5 Å². The summed E-state index contributed by atoms with van der Waals surface area (Å²) in [5.74, 6) is 1.40. The van der Waals surface area contributed by atoms with Gasteiger partial charge in [0.1, 0.15) is 5.60 Å². The molecule has 3 aliphatic carbocycles. The Hall–Kier alpha value is -1.10. The first-order valence-electron chi connectivity index (χ1n) is 12.7. The lowest BCUT2D eigenvalue weighted by Crippen LogP contribution is -2.58. The van der Waals surface area contributed by atoms with E-state index in [2.05, 4.69) is 27.7 Å². The molecule has 6 unspecified atom stereocenters. The third kappa shape index (κ3) is 4.60. The number of esters is 2. The van der Waals surface area contributed by atoms with Crippen LogP contribution in [0.15, 0.2) is 0 Å². The summed E-state index contributed by atoms with van der Waals surface area (Å²) >= 11 is 0. The maximum absolute atomic E-state index is 13.3. The van der Waals surface area contributed by atoms with E-state index in [0.29, 0.717) is 23.7 Å². The minimum atomic E-state index is -0.580. The summed E-state index contributed by atoms with van der Waals surface area (Å²) in [5, 5.41) is 0. The monoisotopic (exact) mass is 450 g/mol. The quantitative estimate of drug-likeness (QED) is 0.485. The molecular weight excluding hydrogens is 404 g/mol.